The van der Waals surface area contributed by atoms with Crippen LogP contribution in [0.4, 0.5) is 19.0 Å². The van der Waals surface area contributed by atoms with Crippen molar-refractivity contribution in [1.29, 1.82) is 5.41 Å². The summed E-state index contributed by atoms with van der Waals surface area (Å²) in [6, 6.07) is 0.727. The predicted octanol–water partition coefficient (Wildman–Crippen LogP) is 0.845. The maximum Gasteiger partial charge on any atom is 0.417 e. The zero-order valence-electron chi connectivity index (χ0n) is 10.5. The Bertz CT molecular complexity index is 499. The Labute approximate surface area is 113 Å². The van der Waals surface area contributed by atoms with E-state index < -0.39 is 11.7 Å². The van der Waals surface area contributed by atoms with E-state index in [9.17, 15) is 13.2 Å². The monoisotopic (exact) mass is 289 g/mol. The van der Waals surface area contributed by atoms with E-state index in [4.69, 9.17) is 15.9 Å². The third kappa shape index (κ3) is 3.36. The van der Waals surface area contributed by atoms with Crippen LogP contribution < -0.4 is 11.2 Å². The Hall–Kier alpha value is -1.87. The summed E-state index contributed by atoms with van der Waals surface area (Å²) in [5.74, 6) is -0.605. The SMILES string of the molecule is N=C(NN1CCOCC1)c1cnc(N)cc1C(F)(F)F. The van der Waals surface area contributed by atoms with Gasteiger partial charge in [-0.15, -0.1) is 0 Å². The van der Waals surface area contributed by atoms with E-state index in [0.29, 0.717) is 26.3 Å². The summed E-state index contributed by atoms with van der Waals surface area (Å²) in [7, 11) is 0. The smallest absolute Gasteiger partial charge is 0.384 e. The number of hydrogen-bond acceptors (Lipinski definition) is 5. The quantitative estimate of drug-likeness (QED) is 0.555. The maximum absolute atomic E-state index is 12.9. The number of amidine groups is 1. The predicted molar refractivity (Wildman–Crippen MR) is 66.0 cm³/mol. The molecule has 2 rings (SSSR count). The van der Waals surface area contributed by atoms with E-state index in [2.05, 4.69) is 10.4 Å². The van der Waals surface area contributed by atoms with Crippen molar-refractivity contribution in [1.82, 2.24) is 15.4 Å². The number of pyridine rings is 1. The Morgan fingerprint density at radius 2 is 2.05 bits per heavy atom. The van der Waals surface area contributed by atoms with Crippen molar-refractivity contribution in [3.8, 4) is 0 Å². The third-order valence-electron chi connectivity index (χ3n) is 2.78. The van der Waals surface area contributed by atoms with Crippen LogP contribution in [0.3, 0.4) is 0 Å². The molecule has 0 aliphatic carbocycles. The molecular formula is C11H14F3N5O. The van der Waals surface area contributed by atoms with Crippen LogP contribution in [0.1, 0.15) is 11.1 Å². The minimum absolute atomic E-state index is 0.236. The van der Waals surface area contributed by atoms with Crippen LogP contribution in [-0.2, 0) is 10.9 Å². The summed E-state index contributed by atoms with van der Waals surface area (Å²) in [6.45, 7) is 1.91. The summed E-state index contributed by atoms with van der Waals surface area (Å²) in [6.07, 6.45) is -3.64. The van der Waals surface area contributed by atoms with Crippen LogP contribution in [0.5, 0.6) is 0 Å². The summed E-state index contributed by atoms with van der Waals surface area (Å²) < 4.78 is 43.9. The van der Waals surface area contributed by atoms with Crippen molar-refractivity contribution in [2.24, 2.45) is 0 Å². The average molecular weight is 289 g/mol. The van der Waals surface area contributed by atoms with Crippen molar-refractivity contribution < 1.29 is 17.9 Å². The summed E-state index contributed by atoms with van der Waals surface area (Å²) >= 11 is 0. The molecule has 0 atom stereocenters. The molecule has 1 aliphatic rings. The molecule has 1 aromatic heterocycles. The van der Waals surface area contributed by atoms with Gasteiger partial charge in [-0.25, -0.2) is 9.99 Å². The van der Waals surface area contributed by atoms with E-state index >= 15 is 0 Å². The van der Waals surface area contributed by atoms with Crippen LogP contribution in [0.15, 0.2) is 12.3 Å². The number of aromatic nitrogens is 1. The van der Waals surface area contributed by atoms with E-state index in [1.807, 2.05) is 0 Å². The van der Waals surface area contributed by atoms with Crippen LogP contribution in [0, 0.1) is 5.41 Å². The zero-order valence-corrected chi connectivity index (χ0v) is 10.5. The lowest BCUT2D eigenvalue weighted by molar-refractivity contribution is -0.137. The van der Waals surface area contributed by atoms with Crippen LogP contribution >= 0.6 is 0 Å². The van der Waals surface area contributed by atoms with Gasteiger partial charge in [0.25, 0.3) is 0 Å². The number of anilines is 1. The van der Waals surface area contributed by atoms with Gasteiger partial charge in [-0.3, -0.25) is 5.41 Å². The molecule has 0 saturated carbocycles. The minimum atomic E-state index is -4.59. The van der Waals surface area contributed by atoms with Crippen molar-refractivity contribution >= 4 is 11.7 Å². The number of ether oxygens (including phenoxy) is 1. The minimum Gasteiger partial charge on any atom is -0.384 e. The van der Waals surface area contributed by atoms with Gasteiger partial charge in [-0.2, -0.15) is 13.2 Å². The van der Waals surface area contributed by atoms with Gasteiger partial charge in [0.15, 0.2) is 0 Å². The first-order valence-electron chi connectivity index (χ1n) is 5.89. The number of halogens is 3. The standard InChI is InChI=1S/C11H14F3N5O/c12-11(13,14)8-5-9(15)17-6-7(8)10(16)18-19-1-3-20-4-2-19/h5-6H,1-4H2,(H2,15,17)(H2,16,18). The van der Waals surface area contributed by atoms with Gasteiger partial charge in [0.2, 0.25) is 0 Å². The summed E-state index contributed by atoms with van der Waals surface area (Å²) in [5, 5.41) is 9.41. The fourth-order valence-electron chi connectivity index (χ4n) is 1.80. The topological polar surface area (TPSA) is 87.3 Å². The van der Waals surface area contributed by atoms with Gasteiger partial charge in [-0.05, 0) is 6.07 Å². The Kier molecular flexibility index (Phi) is 4.09. The number of hydrogen-bond donors (Lipinski definition) is 3. The van der Waals surface area contributed by atoms with Crippen molar-refractivity contribution in [3.63, 3.8) is 0 Å². The van der Waals surface area contributed by atoms with Gasteiger partial charge < -0.3 is 15.9 Å². The molecule has 1 saturated heterocycles. The average Bonchev–Trinajstić information content (AvgIpc) is 2.38. The summed E-state index contributed by atoms with van der Waals surface area (Å²) in [4.78, 5) is 3.62. The van der Waals surface area contributed by atoms with Crippen LogP contribution in [0.2, 0.25) is 0 Å². The van der Waals surface area contributed by atoms with Gasteiger partial charge in [0.05, 0.1) is 18.8 Å². The maximum atomic E-state index is 12.9. The molecular weight excluding hydrogens is 275 g/mol. The molecule has 110 valence electrons. The second-order valence-electron chi connectivity index (χ2n) is 4.24. The number of rotatable bonds is 2. The Morgan fingerprint density at radius 3 is 2.65 bits per heavy atom. The van der Waals surface area contributed by atoms with Crippen LogP contribution in [0.25, 0.3) is 0 Å². The summed E-state index contributed by atoms with van der Waals surface area (Å²) in [5.41, 5.74) is 6.59. The van der Waals surface area contributed by atoms with E-state index in [-0.39, 0.29) is 17.2 Å². The first-order chi connectivity index (χ1) is 9.38. The van der Waals surface area contributed by atoms with Crippen molar-refractivity contribution in [3.05, 3.63) is 23.4 Å². The molecule has 0 amide bonds. The first-order valence-corrected chi connectivity index (χ1v) is 5.89. The Balaban J connectivity index is 2.20. The number of nitrogens with one attached hydrogen (secondary N) is 2. The zero-order chi connectivity index (χ0) is 14.8. The molecule has 1 fully saturated rings. The fourth-order valence-corrected chi connectivity index (χ4v) is 1.80. The van der Waals surface area contributed by atoms with Gasteiger partial charge in [-0.1, -0.05) is 0 Å². The molecule has 6 nitrogen and oxygen atoms in total. The highest BCUT2D eigenvalue weighted by Crippen LogP contribution is 2.32. The van der Waals surface area contributed by atoms with E-state index in [1.165, 1.54) is 0 Å². The number of hydrazine groups is 1. The van der Waals surface area contributed by atoms with Gasteiger partial charge in [0, 0.05) is 24.8 Å². The highest BCUT2D eigenvalue weighted by Gasteiger charge is 2.35. The van der Waals surface area contributed by atoms with E-state index in [0.717, 1.165) is 12.3 Å². The molecule has 0 unspecified atom stereocenters. The molecule has 0 spiro atoms. The molecule has 1 aliphatic heterocycles. The number of morpholine rings is 1. The normalized spacial score (nSPS) is 16.9. The van der Waals surface area contributed by atoms with Gasteiger partial charge in [0.1, 0.15) is 11.7 Å². The molecule has 1 aromatic rings. The van der Waals surface area contributed by atoms with E-state index in [1.54, 1.807) is 5.01 Å². The number of alkyl halides is 3. The number of nitrogen functional groups attached to an aromatic ring is 1. The Morgan fingerprint density at radius 1 is 1.40 bits per heavy atom. The molecule has 0 radical (unpaired) electrons. The molecule has 2 heterocycles. The third-order valence-corrected chi connectivity index (χ3v) is 2.78. The molecule has 0 bridgehead atoms. The second-order valence-corrected chi connectivity index (χ2v) is 4.24. The lowest BCUT2D eigenvalue weighted by Crippen LogP contribution is -2.48. The number of nitrogens with zero attached hydrogens (tertiary/aromatic N) is 2. The molecule has 9 heteroatoms. The molecule has 4 N–H and O–H groups in total. The highest BCUT2D eigenvalue weighted by molar-refractivity contribution is 5.97. The lowest BCUT2D eigenvalue weighted by atomic mass is 10.1. The second kappa shape index (κ2) is 5.63. The molecule has 0 aromatic carbocycles. The van der Waals surface area contributed by atoms with Crippen molar-refractivity contribution in [2.45, 2.75) is 6.18 Å². The lowest BCUT2D eigenvalue weighted by Gasteiger charge is -2.28. The molecule has 20 heavy (non-hydrogen) atoms. The van der Waals surface area contributed by atoms with Crippen LogP contribution in [-0.4, -0.2) is 42.1 Å². The fraction of sp³-hybridized carbons (Fsp3) is 0.455. The largest absolute Gasteiger partial charge is 0.417 e. The highest BCUT2D eigenvalue weighted by atomic mass is 19.4. The number of nitrogens with two attached hydrogens (primary N) is 1. The van der Waals surface area contributed by atoms with Crippen molar-refractivity contribution in [2.75, 3.05) is 32.0 Å². The van der Waals surface area contributed by atoms with Gasteiger partial charge >= 0.3 is 6.18 Å². The first kappa shape index (κ1) is 14.5.